The molecule has 0 aliphatic heterocycles. The van der Waals surface area contributed by atoms with E-state index in [0.717, 1.165) is 16.1 Å². The number of hydrogen-bond donors (Lipinski definition) is 1. The Bertz CT molecular complexity index is 1220. The van der Waals surface area contributed by atoms with Gasteiger partial charge in [0.1, 0.15) is 18.3 Å². The van der Waals surface area contributed by atoms with Gasteiger partial charge in [0.15, 0.2) is 5.78 Å². The van der Waals surface area contributed by atoms with E-state index in [1.54, 1.807) is 50.4 Å². The maximum Gasteiger partial charge on any atom is 0.244 e. The highest BCUT2D eigenvalue weighted by Crippen LogP contribution is 2.22. The monoisotopic (exact) mass is 531 g/mol. The van der Waals surface area contributed by atoms with Crippen molar-refractivity contribution in [1.29, 1.82) is 0 Å². The molecule has 37 heavy (non-hydrogen) atoms. The lowest BCUT2D eigenvalue weighted by Crippen LogP contribution is -2.55. The molecular weight excluding hydrogens is 494 g/mol. The maximum absolute atomic E-state index is 13.7. The van der Waals surface area contributed by atoms with Crippen molar-refractivity contribution in [3.8, 4) is 5.75 Å². The molecular formula is C27H37N3O6S. The van der Waals surface area contributed by atoms with Crippen LogP contribution in [0.25, 0.3) is 0 Å². The van der Waals surface area contributed by atoms with Gasteiger partial charge in [-0.2, -0.15) is 0 Å². The van der Waals surface area contributed by atoms with Gasteiger partial charge < -0.3 is 15.0 Å². The second-order valence-corrected chi connectivity index (χ2v) is 11.8. The molecule has 0 aliphatic rings. The van der Waals surface area contributed by atoms with Crippen molar-refractivity contribution in [3.63, 3.8) is 0 Å². The molecule has 9 nitrogen and oxygen atoms in total. The molecule has 1 N–H and O–H groups in total. The van der Waals surface area contributed by atoms with E-state index in [0.29, 0.717) is 17.7 Å². The van der Waals surface area contributed by atoms with Gasteiger partial charge in [0.2, 0.25) is 21.8 Å². The van der Waals surface area contributed by atoms with Gasteiger partial charge in [-0.1, -0.05) is 31.2 Å². The number of anilines is 1. The minimum atomic E-state index is -3.89. The van der Waals surface area contributed by atoms with Crippen molar-refractivity contribution in [2.24, 2.45) is 0 Å². The first-order valence-corrected chi connectivity index (χ1v) is 13.8. The van der Waals surface area contributed by atoms with E-state index in [4.69, 9.17) is 4.74 Å². The minimum absolute atomic E-state index is 0.0873. The number of ketones is 1. The second-order valence-electron chi connectivity index (χ2n) is 9.91. The first-order valence-electron chi connectivity index (χ1n) is 12.0. The standard InChI is InChI=1S/C27H37N3O6S/c1-8-24(26(33)28-27(3,4)5)29(17-20-12-14-23(36-6)15-13-20)25(32)18-30(37(7,34)35)22-11-9-10-21(16-22)19(2)31/h9-16,24H,8,17-18H2,1-7H3,(H,28,33)/t24-/m1/s1. The number of ether oxygens (including phenoxy) is 1. The fourth-order valence-electron chi connectivity index (χ4n) is 3.79. The zero-order valence-electron chi connectivity index (χ0n) is 22.6. The average Bonchev–Trinajstić information content (AvgIpc) is 2.80. The van der Waals surface area contributed by atoms with Crippen molar-refractivity contribution in [3.05, 3.63) is 59.7 Å². The highest BCUT2D eigenvalue weighted by Gasteiger charge is 2.33. The summed E-state index contributed by atoms with van der Waals surface area (Å²) in [7, 11) is -2.34. The molecule has 2 rings (SSSR count). The zero-order chi connectivity index (χ0) is 28.0. The minimum Gasteiger partial charge on any atom is -0.497 e. The first kappa shape index (κ1) is 29.8. The Morgan fingerprint density at radius 3 is 2.16 bits per heavy atom. The summed E-state index contributed by atoms with van der Waals surface area (Å²) in [6.45, 7) is 8.28. The van der Waals surface area contributed by atoms with E-state index >= 15 is 0 Å². The van der Waals surface area contributed by atoms with Crippen LogP contribution in [-0.4, -0.2) is 62.4 Å². The Balaban J connectivity index is 2.49. The lowest BCUT2D eigenvalue weighted by atomic mass is 10.1. The summed E-state index contributed by atoms with van der Waals surface area (Å²) in [5.74, 6) is -0.466. The predicted octanol–water partition coefficient (Wildman–Crippen LogP) is 3.39. The fraction of sp³-hybridized carbons (Fsp3) is 0.444. The number of hydrogen-bond acceptors (Lipinski definition) is 6. The molecule has 0 saturated heterocycles. The Labute approximate surface area is 219 Å². The van der Waals surface area contributed by atoms with Gasteiger partial charge in [-0.05, 0) is 63.9 Å². The quantitative estimate of drug-likeness (QED) is 0.445. The van der Waals surface area contributed by atoms with Gasteiger partial charge in [0.05, 0.1) is 19.1 Å². The van der Waals surface area contributed by atoms with Crippen LogP contribution >= 0.6 is 0 Å². The van der Waals surface area contributed by atoms with Crippen LogP contribution in [-0.2, 0) is 26.2 Å². The molecule has 0 bridgehead atoms. The number of methoxy groups -OCH3 is 1. The fourth-order valence-corrected chi connectivity index (χ4v) is 4.64. The number of carbonyl (C=O) groups is 3. The number of nitrogens with one attached hydrogen (secondary N) is 1. The molecule has 2 aromatic carbocycles. The van der Waals surface area contributed by atoms with E-state index in [1.165, 1.54) is 24.0 Å². The average molecular weight is 532 g/mol. The van der Waals surface area contributed by atoms with Crippen LogP contribution < -0.4 is 14.4 Å². The molecule has 0 heterocycles. The SMILES string of the molecule is CC[C@H](C(=O)NC(C)(C)C)N(Cc1ccc(OC)cc1)C(=O)CN(c1cccc(C(C)=O)c1)S(C)(=O)=O. The number of carbonyl (C=O) groups excluding carboxylic acids is 3. The second kappa shape index (κ2) is 12.2. The zero-order valence-corrected chi connectivity index (χ0v) is 23.4. The largest absolute Gasteiger partial charge is 0.497 e. The van der Waals surface area contributed by atoms with Gasteiger partial charge in [-0.3, -0.25) is 18.7 Å². The maximum atomic E-state index is 13.7. The van der Waals surface area contributed by atoms with Gasteiger partial charge in [-0.15, -0.1) is 0 Å². The van der Waals surface area contributed by atoms with Crippen molar-refractivity contribution in [2.45, 2.75) is 59.2 Å². The molecule has 2 amide bonds. The molecule has 0 spiro atoms. The number of rotatable bonds is 11. The Kier molecular flexibility index (Phi) is 9.86. The van der Waals surface area contributed by atoms with Crippen LogP contribution in [0.2, 0.25) is 0 Å². The van der Waals surface area contributed by atoms with Gasteiger partial charge >= 0.3 is 0 Å². The van der Waals surface area contributed by atoms with E-state index in [-0.39, 0.29) is 23.9 Å². The smallest absolute Gasteiger partial charge is 0.244 e. The summed E-state index contributed by atoms with van der Waals surface area (Å²) in [6, 6.07) is 12.4. The molecule has 0 aromatic heterocycles. The number of nitrogens with zero attached hydrogens (tertiary/aromatic N) is 2. The Morgan fingerprint density at radius 1 is 1.05 bits per heavy atom. The predicted molar refractivity (Wildman–Crippen MR) is 144 cm³/mol. The summed E-state index contributed by atoms with van der Waals surface area (Å²) < 4.78 is 31.6. The van der Waals surface area contributed by atoms with Crippen LogP contribution in [0.15, 0.2) is 48.5 Å². The third-order valence-electron chi connectivity index (χ3n) is 5.62. The molecule has 0 aliphatic carbocycles. The summed E-state index contributed by atoms with van der Waals surface area (Å²) in [5, 5.41) is 2.92. The normalized spacial score (nSPS) is 12.4. The summed E-state index contributed by atoms with van der Waals surface area (Å²) in [5.41, 5.74) is 0.746. The van der Waals surface area contributed by atoms with E-state index in [2.05, 4.69) is 5.32 Å². The lowest BCUT2D eigenvalue weighted by molar-refractivity contribution is -0.141. The number of Topliss-reactive ketones (excluding diaryl/α,β-unsaturated/α-hetero) is 1. The lowest BCUT2D eigenvalue weighted by Gasteiger charge is -2.34. The van der Waals surface area contributed by atoms with Gasteiger partial charge in [-0.25, -0.2) is 8.42 Å². The van der Waals surface area contributed by atoms with E-state index in [9.17, 15) is 22.8 Å². The summed E-state index contributed by atoms with van der Waals surface area (Å²) in [4.78, 5) is 40.2. The van der Waals surface area contributed by atoms with Crippen LogP contribution in [0.5, 0.6) is 5.75 Å². The number of sulfonamides is 1. The number of amides is 2. The molecule has 1 atom stereocenters. The summed E-state index contributed by atoms with van der Waals surface area (Å²) in [6.07, 6.45) is 1.32. The van der Waals surface area contributed by atoms with Crippen molar-refractivity contribution in [1.82, 2.24) is 10.2 Å². The van der Waals surface area contributed by atoms with Crippen molar-refractivity contribution < 1.29 is 27.5 Å². The first-order chi connectivity index (χ1) is 17.2. The molecule has 0 unspecified atom stereocenters. The molecule has 0 radical (unpaired) electrons. The molecule has 0 saturated carbocycles. The van der Waals surface area contributed by atoms with E-state index in [1.807, 2.05) is 20.8 Å². The topological polar surface area (TPSA) is 113 Å². The highest BCUT2D eigenvalue weighted by molar-refractivity contribution is 7.92. The Hall–Kier alpha value is -3.40. The van der Waals surface area contributed by atoms with Crippen LogP contribution in [0.3, 0.4) is 0 Å². The van der Waals surface area contributed by atoms with E-state index < -0.39 is 34.1 Å². The summed E-state index contributed by atoms with van der Waals surface area (Å²) >= 11 is 0. The highest BCUT2D eigenvalue weighted by atomic mass is 32.2. The van der Waals surface area contributed by atoms with Crippen molar-refractivity contribution >= 4 is 33.3 Å². The molecule has 2 aromatic rings. The molecule has 10 heteroatoms. The van der Waals surface area contributed by atoms with Crippen LogP contribution in [0.4, 0.5) is 5.69 Å². The van der Waals surface area contributed by atoms with Crippen LogP contribution in [0, 0.1) is 0 Å². The molecule has 0 fully saturated rings. The third-order valence-corrected chi connectivity index (χ3v) is 6.76. The van der Waals surface area contributed by atoms with Crippen molar-refractivity contribution in [2.75, 3.05) is 24.2 Å². The number of benzene rings is 2. The van der Waals surface area contributed by atoms with Crippen LogP contribution in [0.1, 0.15) is 57.0 Å². The Morgan fingerprint density at radius 2 is 1.68 bits per heavy atom. The van der Waals surface area contributed by atoms with Gasteiger partial charge in [0, 0.05) is 17.6 Å². The molecule has 202 valence electrons. The third kappa shape index (κ3) is 8.59. The van der Waals surface area contributed by atoms with Gasteiger partial charge in [0.25, 0.3) is 0 Å².